The Morgan fingerprint density at radius 1 is 1.15 bits per heavy atom. The first-order valence-corrected chi connectivity index (χ1v) is 7.08. The molecule has 0 spiro atoms. The molecule has 1 aromatic carbocycles. The van der Waals surface area contributed by atoms with Crippen LogP contribution in [0.3, 0.4) is 0 Å². The second-order valence-corrected chi connectivity index (χ2v) is 4.61. The van der Waals surface area contributed by atoms with Crippen LogP contribution in [0.2, 0.25) is 0 Å². The molecule has 106 valence electrons. The number of rotatable bonds is 7. The van der Waals surface area contributed by atoms with Gasteiger partial charge in [0.1, 0.15) is 18.2 Å². The predicted octanol–water partition coefficient (Wildman–Crippen LogP) is 3.44. The fraction of sp³-hybridized carbons (Fsp3) is 0.375. The zero-order valence-corrected chi connectivity index (χ0v) is 12.1. The van der Waals surface area contributed by atoms with Gasteiger partial charge in [0.15, 0.2) is 0 Å². The summed E-state index contributed by atoms with van der Waals surface area (Å²) in [5.74, 6) is 1.68. The molecule has 20 heavy (non-hydrogen) atoms. The van der Waals surface area contributed by atoms with Crippen molar-refractivity contribution in [3.63, 3.8) is 0 Å². The van der Waals surface area contributed by atoms with Gasteiger partial charge in [0, 0.05) is 6.54 Å². The van der Waals surface area contributed by atoms with Gasteiger partial charge in [-0.15, -0.1) is 0 Å². The molecule has 0 amide bonds. The number of ether oxygens (including phenoxy) is 1. The number of aromatic nitrogens is 2. The van der Waals surface area contributed by atoms with Crippen LogP contribution in [-0.4, -0.2) is 16.5 Å². The monoisotopic (exact) mass is 271 g/mol. The lowest BCUT2D eigenvalue weighted by Gasteiger charge is -2.08. The van der Waals surface area contributed by atoms with Gasteiger partial charge in [-0.25, -0.2) is 4.98 Å². The fourth-order valence-corrected chi connectivity index (χ4v) is 1.79. The molecule has 1 aromatic heterocycles. The first-order chi connectivity index (χ1) is 9.81. The van der Waals surface area contributed by atoms with Crippen molar-refractivity contribution in [2.75, 3.05) is 11.9 Å². The van der Waals surface area contributed by atoms with E-state index < -0.39 is 0 Å². The summed E-state index contributed by atoms with van der Waals surface area (Å²) >= 11 is 0. The minimum absolute atomic E-state index is 0.439. The van der Waals surface area contributed by atoms with Crippen molar-refractivity contribution in [1.82, 2.24) is 9.97 Å². The molecular weight excluding hydrogens is 250 g/mol. The molecule has 0 aliphatic rings. The molecule has 2 rings (SSSR count). The zero-order chi connectivity index (χ0) is 14.2. The van der Waals surface area contributed by atoms with Crippen molar-refractivity contribution in [3.05, 3.63) is 47.9 Å². The Morgan fingerprint density at radius 3 is 2.75 bits per heavy atom. The molecule has 4 nitrogen and oxygen atoms in total. The number of aryl methyl sites for hydroxylation is 1. The molecule has 0 saturated carbocycles. The lowest BCUT2D eigenvalue weighted by Crippen LogP contribution is -2.04. The molecule has 0 bridgehead atoms. The van der Waals surface area contributed by atoms with E-state index in [1.807, 2.05) is 12.1 Å². The van der Waals surface area contributed by atoms with Crippen LogP contribution < -0.4 is 10.1 Å². The second kappa shape index (κ2) is 7.48. The van der Waals surface area contributed by atoms with E-state index in [9.17, 15) is 0 Å². The molecule has 0 unspecified atom stereocenters. The predicted molar refractivity (Wildman–Crippen MR) is 81.0 cm³/mol. The molecule has 2 aromatic rings. The zero-order valence-electron chi connectivity index (χ0n) is 12.1. The van der Waals surface area contributed by atoms with Crippen molar-refractivity contribution in [3.8, 4) is 5.75 Å². The molecule has 0 atom stereocenters. The number of benzene rings is 1. The van der Waals surface area contributed by atoms with Crippen LogP contribution in [0.5, 0.6) is 5.75 Å². The number of nitrogens with zero attached hydrogens (tertiary/aromatic N) is 2. The van der Waals surface area contributed by atoms with E-state index >= 15 is 0 Å². The summed E-state index contributed by atoms with van der Waals surface area (Å²) in [4.78, 5) is 8.65. The lowest BCUT2D eigenvalue weighted by atomic mass is 10.2. The minimum Gasteiger partial charge on any atom is -0.487 e. The van der Waals surface area contributed by atoms with Crippen molar-refractivity contribution in [2.45, 2.75) is 33.3 Å². The molecule has 0 fully saturated rings. The maximum absolute atomic E-state index is 5.73. The molecule has 0 aliphatic heterocycles. The minimum atomic E-state index is 0.439. The van der Waals surface area contributed by atoms with Gasteiger partial charge in [0.05, 0.1) is 18.1 Å². The van der Waals surface area contributed by atoms with Gasteiger partial charge >= 0.3 is 0 Å². The smallest absolute Gasteiger partial charge is 0.144 e. The third-order valence-electron chi connectivity index (χ3n) is 2.95. The Hall–Kier alpha value is -2.10. The average molecular weight is 271 g/mol. The molecule has 0 radical (unpaired) electrons. The molecule has 1 N–H and O–H groups in total. The standard InChI is InChI=1S/C16H21N3O/c1-3-8-17-16-11-18-14(10-19-16)12-20-15-7-5-6-13(4-2)9-15/h5-7,9-11H,3-4,8,12H2,1-2H3,(H,17,19). The molecule has 1 heterocycles. The summed E-state index contributed by atoms with van der Waals surface area (Å²) in [7, 11) is 0. The fourth-order valence-electron chi connectivity index (χ4n) is 1.79. The second-order valence-electron chi connectivity index (χ2n) is 4.61. The maximum atomic E-state index is 5.73. The third kappa shape index (κ3) is 4.23. The van der Waals surface area contributed by atoms with Crippen LogP contribution in [0.25, 0.3) is 0 Å². The highest BCUT2D eigenvalue weighted by atomic mass is 16.5. The van der Waals surface area contributed by atoms with E-state index in [2.05, 4.69) is 41.3 Å². The maximum Gasteiger partial charge on any atom is 0.144 e. The topological polar surface area (TPSA) is 47.0 Å². The Labute approximate surface area is 120 Å². The highest BCUT2D eigenvalue weighted by Crippen LogP contribution is 2.15. The van der Waals surface area contributed by atoms with Crippen LogP contribution in [0.4, 0.5) is 5.82 Å². The van der Waals surface area contributed by atoms with E-state index in [1.54, 1.807) is 12.4 Å². The molecule has 0 aliphatic carbocycles. The Morgan fingerprint density at radius 2 is 2.05 bits per heavy atom. The average Bonchev–Trinajstić information content (AvgIpc) is 2.52. The van der Waals surface area contributed by atoms with E-state index in [1.165, 1.54) is 5.56 Å². The van der Waals surface area contributed by atoms with Crippen molar-refractivity contribution in [2.24, 2.45) is 0 Å². The van der Waals surface area contributed by atoms with Crippen LogP contribution >= 0.6 is 0 Å². The first kappa shape index (κ1) is 14.3. The van der Waals surface area contributed by atoms with Crippen LogP contribution in [0, 0.1) is 0 Å². The SMILES string of the molecule is CCCNc1cnc(COc2cccc(CC)c2)cn1. The largest absolute Gasteiger partial charge is 0.487 e. The van der Waals surface area contributed by atoms with Crippen molar-refractivity contribution < 1.29 is 4.74 Å². The number of hydrogen-bond acceptors (Lipinski definition) is 4. The summed E-state index contributed by atoms with van der Waals surface area (Å²) in [5.41, 5.74) is 2.10. The number of nitrogens with one attached hydrogen (secondary N) is 1. The molecule has 0 saturated heterocycles. The lowest BCUT2D eigenvalue weighted by molar-refractivity contribution is 0.300. The Bertz CT molecular complexity index is 526. The van der Waals surface area contributed by atoms with Gasteiger partial charge in [-0.05, 0) is 30.5 Å². The molecular formula is C16H21N3O. The number of hydrogen-bond donors (Lipinski definition) is 1. The summed E-state index contributed by atoms with van der Waals surface area (Å²) in [5, 5.41) is 3.20. The summed E-state index contributed by atoms with van der Waals surface area (Å²) in [6, 6.07) is 8.13. The Balaban J connectivity index is 1.89. The van der Waals surface area contributed by atoms with Crippen molar-refractivity contribution in [1.29, 1.82) is 0 Å². The van der Waals surface area contributed by atoms with Gasteiger partial charge in [-0.3, -0.25) is 4.98 Å². The highest BCUT2D eigenvalue weighted by Gasteiger charge is 2.00. The highest BCUT2D eigenvalue weighted by molar-refractivity contribution is 5.31. The van der Waals surface area contributed by atoms with E-state index in [-0.39, 0.29) is 0 Å². The van der Waals surface area contributed by atoms with E-state index in [0.29, 0.717) is 6.61 Å². The summed E-state index contributed by atoms with van der Waals surface area (Å²) in [6.07, 6.45) is 5.58. The van der Waals surface area contributed by atoms with Gasteiger partial charge < -0.3 is 10.1 Å². The van der Waals surface area contributed by atoms with Gasteiger partial charge in [0.2, 0.25) is 0 Å². The third-order valence-corrected chi connectivity index (χ3v) is 2.95. The van der Waals surface area contributed by atoms with Gasteiger partial charge in [-0.1, -0.05) is 26.0 Å². The summed E-state index contributed by atoms with van der Waals surface area (Å²) in [6.45, 7) is 5.60. The van der Waals surface area contributed by atoms with Crippen LogP contribution in [0.15, 0.2) is 36.7 Å². The van der Waals surface area contributed by atoms with Crippen molar-refractivity contribution >= 4 is 5.82 Å². The van der Waals surface area contributed by atoms with E-state index in [4.69, 9.17) is 4.74 Å². The van der Waals surface area contributed by atoms with Crippen LogP contribution in [-0.2, 0) is 13.0 Å². The van der Waals surface area contributed by atoms with Gasteiger partial charge in [0.25, 0.3) is 0 Å². The Kier molecular flexibility index (Phi) is 5.35. The molecule has 4 heteroatoms. The normalized spacial score (nSPS) is 10.3. The number of anilines is 1. The van der Waals surface area contributed by atoms with E-state index in [0.717, 1.165) is 36.6 Å². The van der Waals surface area contributed by atoms with Gasteiger partial charge in [-0.2, -0.15) is 0 Å². The summed E-state index contributed by atoms with van der Waals surface area (Å²) < 4.78 is 5.73. The quantitative estimate of drug-likeness (QED) is 0.838. The first-order valence-electron chi connectivity index (χ1n) is 7.08. The van der Waals surface area contributed by atoms with Crippen LogP contribution in [0.1, 0.15) is 31.5 Å².